The molecule has 0 atom stereocenters. The maximum Gasteiger partial charge on any atom is 0.330 e. The van der Waals surface area contributed by atoms with E-state index in [1.807, 2.05) is 31.2 Å². The molecule has 1 aromatic carbocycles. The molecule has 0 radical (unpaired) electrons. The summed E-state index contributed by atoms with van der Waals surface area (Å²) in [5.74, 6) is 0.473. The smallest absolute Gasteiger partial charge is 0.330 e. The molecule has 0 unspecified atom stereocenters. The van der Waals surface area contributed by atoms with Crippen LogP contribution < -0.4 is 4.74 Å². The van der Waals surface area contributed by atoms with Crippen LogP contribution in [0.4, 0.5) is 0 Å². The number of esters is 1. The second kappa shape index (κ2) is 8.34. The number of ether oxygens (including phenoxy) is 2. The van der Waals surface area contributed by atoms with Gasteiger partial charge in [0.25, 0.3) is 0 Å². The quantitative estimate of drug-likeness (QED) is 0.547. The molecule has 1 aromatic rings. The van der Waals surface area contributed by atoms with E-state index in [-0.39, 0.29) is 5.97 Å². The van der Waals surface area contributed by atoms with Gasteiger partial charge in [0.05, 0.1) is 13.2 Å². The van der Waals surface area contributed by atoms with Crippen LogP contribution in [-0.2, 0) is 9.53 Å². The number of carbonyl (C=O) groups is 1. The Hall–Kier alpha value is -1.77. The molecule has 98 valence electrons. The van der Waals surface area contributed by atoms with Crippen LogP contribution in [0.5, 0.6) is 5.75 Å². The second-order valence-corrected chi connectivity index (χ2v) is 3.89. The van der Waals surface area contributed by atoms with Crippen molar-refractivity contribution < 1.29 is 14.3 Å². The molecule has 1 rings (SSSR count). The summed E-state index contributed by atoms with van der Waals surface area (Å²) in [6.07, 6.45) is 4.94. The summed E-state index contributed by atoms with van der Waals surface area (Å²) < 4.78 is 10.6. The van der Waals surface area contributed by atoms with Gasteiger partial charge in [-0.25, -0.2) is 4.79 Å². The predicted molar refractivity (Wildman–Crippen MR) is 72.5 cm³/mol. The van der Waals surface area contributed by atoms with Crippen molar-refractivity contribution in [2.24, 2.45) is 0 Å². The van der Waals surface area contributed by atoms with Crippen molar-refractivity contribution >= 4 is 12.0 Å². The standard InChI is InChI=1S/C15H20O3/c1-3-11-17-14-8-6-5-7-13(14)9-10-15(16)18-12-4-2/h5-10H,3-4,11-12H2,1-2H3. The van der Waals surface area contributed by atoms with E-state index in [9.17, 15) is 4.79 Å². The van der Waals surface area contributed by atoms with Gasteiger partial charge in [0.2, 0.25) is 0 Å². The summed E-state index contributed by atoms with van der Waals surface area (Å²) in [5, 5.41) is 0. The molecule has 3 heteroatoms. The highest BCUT2D eigenvalue weighted by Crippen LogP contribution is 2.19. The van der Waals surface area contributed by atoms with Gasteiger partial charge in [-0.3, -0.25) is 0 Å². The molecule has 0 bridgehead atoms. The van der Waals surface area contributed by atoms with E-state index in [0.717, 1.165) is 24.2 Å². The van der Waals surface area contributed by atoms with Crippen molar-refractivity contribution in [1.29, 1.82) is 0 Å². The van der Waals surface area contributed by atoms with E-state index >= 15 is 0 Å². The summed E-state index contributed by atoms with van der Waals surface area (Å²) in [5.41, 5.74) is 0.888. The third-order valence-corrected chi connectivity index (χ3v) is 2.23. The average molecular weight is 248 g/mol. The molecule has 0 saturated heterocycles. The van der Waals surface area contributed by atoms with Crippen LogP contribution in [-0.4, -0.2) is 19.2 Å². The average Bonchev–Trinajstić information content (AvgIpc) is 2.41. The molecular weight excluding hydrogens is 228 g/mol. The van der Waals surface area contributed by atoms with Crippen molar-refractivity contribution in [3.8, 4) is 5.75 Å². The van der Waals surface area contributed by atoms with Crippen molar-refractivity contribution in [2.75, 3.05) is 13.2 Å². The summed E-state index contributed by atoms with van der Waals surface area (Å²) >= 11 is 0. The van der Waals surface area contributed by atoms with Crippen LogP contribution in [0.1, 0.15) is 32.3 Å². The van der Waals surface area contributed by atoms with E-state index in [2.05, 4.69) is 6.92 Å². The van der Waals surface area contributed by atoms with Gasteiger partial charge in [-0.15, -0.1) is 0 Å². The largest absolute Gasteiger partial charge is 0.493 e. The molecule has 0 amide bonds. The van der Waals surface area contributed by atoms with Gasteiger partial charge in [0.1, 0.15) is 5.75 Å². The Labute approximate surface area is 108 Å². The van der Waals surface area contributed by atoms with Gasteiger partial charge in [-0.05, 0) is 25.0 Å². The van der Waals surface area contributed by atoms with E-state index in [1.54, 1.807) is 6.08 Å². The molecular formula is C15H20O3. The summed E-state index contributed by atoms with van der Waals surface area (Å²) in [6.45, 7) is 5.15. The summed E-state index contributed by atoms with van der Waals surface area (Å²) in [6, 6.07) is 7.63. The monoisotopic (exact) mass is 248 g/mol. The van der Waals surface area contributed by atoms with Crippen LogP contribution in [0.3, 0.4) is 0 Å². The number of para-hydroxylation sites is 1. The lowest BCUT2D eigenvalue weighted by Gasteiger charge is -2.07. The van der Waals surface area contributed by atoms with Gasteiger partial charge in [-0.2, -0.15) is 0 Å². The predicted octanol–water partition coefficient (Wildman–Crippen LogP) is 3.44. The first-order valence-corrected chi connectivity index (χ1v) is 6.34. The molecule has 0 aliphatic rings. The third-order valence-electron chi connectivity index (χ3n) is 2.23. The van der Waals surface area contributed by atoms with E-state index < -0.39 is 0 Å². The normalized spacial score (nSPS) is 10.6. The first kappa shape index (κ1) is 14.3. The van der Waals surface area contributed by atoms with E-state index in [1.165, 1.54) is 6.08 Å². The van der Waals surface area contributed by atoms with Crippen LogP contribution in [0.2, 0.25) is 0 Å². The van der Waals surface area contributed by atoms with Gasteiger partial charge in [0, 0.05) is 11.6 Å². The third kappa shape index (κ3) is 5.04. The lowest BCUT2D eigenvalue weighted by Crippen LogP contribution is -2.01. The molecule has 0 aromatic heterocycles. The molecule has 3 nitrogen and oxygen atoms in total. The maximum atomic E-state index is 11.4. The molecule has 0 saturated carbocycles. The molecule has 0 fully saturated rings. The van der Waals surface area contributed by atoms with Crippen molar-refractivity contribution in [3.63, 3.8) is 0 Å². The van der Waals surface area contributed by atoms with Crippen LogP contribution in [0.25, 0.3) is 6.08 Å². The highest BCUT2D eigenvalue weighted by atomic mass is 16.5. The first-order chi connectivity index (χ1) is 8.77. The Morgan fingerprint density at radius 2 is 1.89 bits per heavy atom. The van der Waals surface area contributed by atoms with Crippen molar-refractivity contribution in [1.82, 2.24) is 0 Å². The molecule has 0 heterocycles. The van der Waals surface area contributed by atoms with E-state index in [4.69, 9.17) is 9.47 Å². The first-order valence-electron chi connectivity index (χ1n) is 6.34. The minimum absolute atomic E-state index is 0.317. The molecule has 0 aliphatic carbocycles. The number of hydrogen-bond acceptors (Lipinski definition) is 3. The zero-order chi connectivity index (χ0) is 13.2. The summed E-state index contributed by atoms with van der Waals surface area (Å²) in [4.78, 5) is 11.4. The number of rotatable bonds is 7. The Morgan fingerprint density at radius 1 is 1.17 bits per heavy atom. The zero-order valence-electron chi connectivity index (χ0n) is 11.0. The Bertz CT molecular complexity index is 396. The Kier molecular flexibility index (Phi) is 6.62. The van der Waals surface area contributed by atoms with Crippen LogP contribution >= 0.6 is 0 Å². The topological polar surface area (TPSA) is 35.5 Å². The fourth-order valence-corrected chi connectivity index (χ4v) is 1.37. The van der Waals surface area contributed by atoms with Crippen molar-refractivity contribution in [3.05, 3.63) is 35.9 Å². The fourth-order valence-electron chi connectivity index (χ4n) is 1.37. The number of carbonyl (C=O) groups excluding carboxylic acids is 1. The maximum absolute atomic E-state index is 11.4. The minimum atomic E-state index is -0.317. The van der Waals surface area contributed by atoms with E-state index in [0.29, 0.717) is 13.2 Å². The zero-order valence-corrected chi connectivity index (χ0v) is 11.0. The molecule has 0 N–H and O–H groups in total. The van der Waals surface area contributed by atoms with Crippen molar-refractivity contribution in [2.45, 2.75) is 26.7 Å². The van der Waals surface area contributed by atoms with Gasteiger partial charge >= 0.3 is 5.97 Å². The number of benzene rings is 1. The fraction of sp³-hybridized carbons (Fsp3) is 0.400. The highest BCUT2D eigenvalue weighted by Gasteiger charge is 2.00. The molecule has 18 heavy (non-hydrogen) atoms. The SMILES string of the molecule is CCCOC(=O)C=Cc1ccccc1OCCC. The Morgan fingerprint density at radius 3 is 2.61 bits per heavy atom. The van der Waals surface area contributed by atoms with Gasteiger partial charge < -0.3 is 9.47 Å². The lowest BCUT2D eigenvalue weighted by molar-refractivity contribution is -0.137. The summed E-state index contributed by atoms with van der Waals surface area (Å²) in [7, 11) is 0. The van der Waals surface area contributed by atoms with Gasteiger partial charge in [0.15, 0.2) is 0 Å². The van der Waals surface area contributed by atoms with Crippen LogP contribution in [0.15, 0.2) is 30.3 Å². The number of hydrogen-bond donors (Lipinski definition) is 0. The molecule has 0 spiro atoms. The highest BCUT2D eigenvalue weighted by molar-refractivity contribution is 5.87. The lowest BCUT2D eigenvalue weighted by atomic mass is 10.2. The van der Waals surface area contributed by atoms with Gasteiger partial charge in [-0.1, -0.05) is 32.0 Å². The van der Waals surface area contributed by atoms with Crippen LogP contribution in [0, 0.1) is 0 Å². The minimum Gasteiger partial charge on any atom is -0.493 e. The Balaban J connectivity index is 2.65. The second-order valence-electron chi connectivity index (χ2n) is 3.89. The molecule has 0 aliphatic heterocycles.